The van der Waals surface area contributed by atoms with Crippen molar-refractivity contribution < 1.29 is 14.0 Å². The van der Waals surface area contributed by atoms with Crippen molar-refractivity contribution in [1.29, 1.82) is 0 Å². The van der Waals surface area contributed by atoms with Crippen molar-refractivity contribution in [3.05, 3.63) is 71.7 Å². The number of hydrogen-bond acceptors (Lipinski definition) is 6. The minimum atomic E-state index is -0.239. The first-order chi connectivity index (χ1) is 13.7. The number of nitrogens with zero attached hydrogens (tertiary/aromatic N) is 3. The molecule has 4 aromatic rings. The van der Waals surface area contributed by atoms with Gasteiger partial charge in [-0.3, -0.25) is 9.59 Å². The Balaban J connectivity index is 1.40. The number of nitrogens with one attached hydrogen (secondary N) is 1. The van der Waals surface area contributed by atoms with Gasteiger partial charge in [-0.05, 0) is 54.4 Å². The molecule has 0 saturated heterocycles. The van der Waals surface area contributed by atoms with Crippen LogP contribution in [0.3, 0.4) is 0 Å². The number of carbonyl (C=O) groups is 2. The number of fused-ring (bicyclic) bond motifs is 2. The van der Waals surface area contributed by atoms with Gasteiger partial charge in [-0.25, -0.2) is 0 Å². The number of aromatic nitrogens is 2. The van der Waals surface area contributed by atoms with Gasteiger partial charge in [0.1, 0.15) is 11.0 Å². The number of carbonyl (C=O) groups excluding carboxylic acids is 2. The SMILES string of the molecule is O=C(Nc1ccc2c(c1)N(C(=O)c1ccco1)CC2)c1ccc2nsnc2c1. The Morgan fingerprint density at radius 1 is 1.07 bits per heavy atom. The zero-order chi connectivity index (χ0) is 19.1. The third kappa shape index (κ3) is 2.84. The molecule has 7 nitrogen and oxygen atoms in total. The van der Waals surface area contributed by atoms with Crippen LogP contribution in [0.5, 0.6) is 0 Å². The molecule has 2 aromatic carbocycles. The molecule has 0 atom stereocenters. The van der Waals surface area contributed by atoms with Gasteiger partial charge in [-0.15, -0.1) is 0 Å². The highest BCUT2D eigenvalue weighted by Crippen LogP contribution is 2.32. The third-order valence-electron chi connectivity index (χ3n) is 4.73. The van der Waals surface area contributed by atoms with E-state index in [0.717, 1.165) is 34.9 Å². The molecule has 0 spiro atoms. The summed E-state index contributed by atoms with van der Waals surface area (Å²) in [5.74, 6) is -0.127. The summed E-state index contributed by atoms with van der Waals surface area (Å²) in [6, 6.07) is 14.2. The number of hydrogen-bond donors (Lipinski definition) is 1. The van der Waals surface area contributed by atoms with Crippen molar-refractivity contribution in [2.24, 2.45) is 0 Å². The minimum Gasteiger partial charge on any atom is -0.459 e. The van der Waals surface area contributed by atoms with E-state index >= 15 is 0 Å². The fourth-order valence-corrected chi connectivity index (χ4v) is 3.85. The zero-order valence-corrected chi connectivity index (χ0v) is 15.4. The maximum Gasteiger partial charge on any atom is 0.293 e. The highest BCUT2D eigenvalue weighted by molar-refractivity contribution is 7.00. The van der Waals surface area contributed by atoms with Crippen LogP contribution in [0.25, 0.3) is 11.0 Å². The van der Waals surface area contributed by atoms with Crippen molar-refractivity contribution in [3.63, 3.8) is 0 Å². The number of anilines is 2. The molecular weight excluding hydrogens is 376 g/mol. The first kappa shape index (κ1) is 16.6. The Labute approximate surface area is 163 Å². The van der Waals surface area contributed by atoms with E-state index in [2.05, 4.69) is 14.1 Å². The summed E-state index contributed by atoms with van der Waals surface area (Å²) in [7, 11) is 0. The second-order valence-electron chi connectivity index (χ2n) is 6.45. The highest BCUT2D eigenvalue weighted by Gasteiger charge is 2.27. The molecule has 28 heavy (non-hydrogen) atoms. The second kappa shape index (κ2) is 6.58. The molecule has 0 fully saturated rings. The highest BCUT2D eigenvalue weighted by atomic mass is 32.1. The van der Waals surface area contributed by atoms with Crippen LogP contribution in [0.2, 0.25) is 0 Å². The van der Waals surface area contributed by atoms with Gasteiger partial charge < -0.3 is 14.6 Å². The Kier molecular flexibility index (Phi) is 3.91. The van der Waals surface area contributed by atoms with Crippen LogP contribution < -0.4 is 10.2 Å². The number of amides is 2. The first-order valence-electron chi connectivity index (χ1n) is 8.71. The smallest absolute Gasteiger partial charge is 0.293 e. The van der Waals surface area contributed by atoms with Crippen LogP contribution in [0.4, 0.5) is 11.4 Å². The molecule has 0 aliphatic carbocycles. The van der Waals surface area contributed by atoms with Crippen molar-refractivity contribution in [2.75, 3.05) is 16.8 Å². The molecule has 3 heterocycles. The van der Waals surface area contributed by atoms with Gasteiger partial charge in [0.2, 0.25) is 0 Å². The Morgan fingerprint density at radius 2 is 1.96 bits per heavy atom. The van der Waals surface area contributed by atoms with Crippen LogP contribution in [0.1, 0.15) is 26.5 Å². The largest absolute Gasteiger partial charge is 0.459 e. The van der Waals surface area contributed by atoms with Gasteiger partial charge in [-0.2, -0.15) is 8.75 Å². The molecule has 8 heteroatoms. The quantitative estimate of drug-likeness (QED) is 0.576. The van der Waals surface area contributed by atoms with Gasteiger partial charge in [0.05, 0.1) is 18.0 Å². The summed E-state index contributed by atoms with van der Waals surface area (Å²) in [5.41, 5.74) is 4.45. The molecule has 1 N–H and O–H groups in total. The lowest BCUT2D eigenvalue weighted by Crippen LogP contribution is -2.28. The molecule has 0 saturated carbocycles. The molecule has 2 amide bonds. The van der Waals surface area contributed by atoms with Gasteiger partial charge in [0.15, 0.2) is 5.76 Å². The maximum absolute atomic E-state index is 12.7. The molecule has 0 radical (unpaired) electrons. The van der Waals surface area contributed by atoms with E-state index in [4.69, 9.17) is 4.42 Å². The van der Waals surface area contributed by atoms with Gasteiger partial charge in [-0.1, -0.05) is 6.07 Å². The van der Waals surface area contributed by atoms with E-state index in [-0.39, 0.29) is 11.8 Å². The van der Waals surface area contributed by atoms with Gasteiger partial charge in [0.25, 0.3) is 11.8 Å². The van der Waals surface area contributed by atoms with Gasteiger partial charge in [0, 0.05) is 23.5 Å². The molecule has 5 rings (SSSR count). The predicted molar refractivity (Wildman–Crippen MR) is 106 cm³/mol. The standard InChI is InChI=1S/C20H14N4O3S/c25-19(13-4-6-15-16(10-13)23-28-22-15)21-14-5-3-12-7-8-24(17(12)11-14)20(26)18-2-1-9-27-18/h1-6,9-11H,7-8H2,(H,21,25). The van der Waals surface area contributed by atoms with E-state index in [1.165, 1.54) is 6.26 Å². The maximum atomic E-state index is 12.7. The summed E-state index contributed by atoms with van der Waals surface area (Å²) >= 11 is 1.12. The van der Waals surface area contributed by atoms with Crippen LogP contribution in [0, 0.1) is 0 Å². The normalized spacial score (nSPS) is 12.9. The molecule has 2 aromatic heterocycles. The monoisotopic (exact) mass is 390 g/mol. The number of furan rings is 1. The minimum absolute atomic E-state index is 0.186. The fraction of sp³-hybridized carbons (Fsp3) is 0.100. The van der Waals surface area contributed by atoms with Crippen molar-refractivity contribution in [3.8, 4) is 0 Å². The molecule has 138 valence electrons. The number of benzene rings is 2. The molecule has 1 aliphatic rings. The van der Waals surface area contributed by atoms with Crippen LogP contribution in [0.15, 0.2) is 59.2 Å². The van der Waals surface area contributed by atoms with Crippen LogP contribution >= 0.6 is 11.7 Å². The van der Waals surface area contributed by atoms with Crippen molar-refractivity contribution >= 4 is 46.0 Å². The lowest BCUT2D eigenvalue weighted by Gasteiger charge is -2.17. The molecule has 0 unspecified atom stereocenters. The van der Waals surface area contributed by atoms with E-state index in [0.29, 0.717) is 29.1 Å². The average molecular weight is 390 g/mol. The molecule has 1 aliphatic heterocycles. The average Bonchev–Trinajstić information content (AvgIpc) is 3.46. The predicted octanol–water partition coefficient (Wildman–Crippen LogP) is 3.74. The summed E-state index contributed by atoms with van der Waals surface area (Å²) in [6.07, 6.45) is 2.25. The summed E-state index contributed by atoms with van der Waals surface area (Å²) in [4.78, 5) is 27.0. The van der Waals surface area contributed by atoms with Crippen LogP contribution in [-0.2, 0) is 6.42 Å². The molecular formula is C20H14N4O3S. The van der Waals surface area contributed by atoms with Gasteiger partial charge >= 0.3 is 0 Å². The summed E-state index contributed by atoms with van der Waals surface area (Å²) < 4.78 is 13.5. The fourth-order valence-electron chi connectivity index (χ4n) is 3.33. The zero-order valence-electron chi connectivity index (χ0n) is 14.6. The topological polar surface area (TPSA) is 88.3 Å². The summed E-state index contributed by atoms with van der Waals surface area (Å²) in [6.45, 7) is 0.583. The lowest BCUT2D eigenvalue weighted by molar-refractivity contribution is 0.0962. The van der Waals surface area contributed by atoms with E-state index in [1.807, 2.05) is 18.2 Å². The van der Waals surface area contributed by atoms with Crippen molar-refractivity contribution in [2.45, 2.75) is 6.42 Å². The molecule has 0 bridgehead atoms. The second-order valence-corrected chi connectivity index (χ2v) is 6.98. The third-order valence-corrected chi connectivity index (χ3v) is 5.29. The van der Waals surface area contributed by atoms with Crippen LogP contribution in [-0.4, -0.2) is 27.1 Å². The summed E-state index contributed by atoms with van der Waals surface area (Å²) in [5, 5.41) is 2.89. The van der Waals surface area contributed by atoms with E-state index < -0.39 is 0 Å². The Morgan fingerprint density at radius 3 is 2.82 bits per heavy atom. The Hall–Kier alpha value is -3.52. The van der Waals surface area contributed by atoms with E-state index in [1.54, 1.807) is 35.2 Å². The van der Waals surface area contributed by atoms with E-state index in [9.17, 15) is 9.59 Å². The first-order valence-corrected chi connectivity index (χ1v) is 9.44. The Bertz CT molecular complexity index is 1200. The number of rotatable bonds is 3. The van der Waals surface area contributed by atoms with Crippen molar-refractivity contribution in [1.82, 2.24) is 8.75 Å². The lowest BCUT2D eigenvalue weighted by atomic mass is 10.1.